The average Bonchev–Trinajstić information content (AvgIpc) is 2.73. The molecule has 154 valence electrons. The van der Waals surface area contributed by atoms with Crippen LogP contribution in [0, 0.1) is 5.92 Å². The van der Waals surface area contributed by atoms with Gasteiger partial charge in [-0.1, -0.05) is 55.5 Å². The van der Waals surface area contributed by atoms with E-state index < -0.39 is 15.1 Å². The van der Waals surface area contributed by atoms with Gasteiger partial charge in [-0.15, -0.1) is 0 Å². The van der Waals surface area contributed by atoms with E-state index in [4.69, 9.17) is 4.74 Å². The molecule has 1 aliphatic heterocycles. The number of fused-ring (bicyclic) bond motifs is 1. The number of hydrogen-bond donors (Lipinski definition) is 0. The highest BCUT2D eigenvalue weighted by atomic mass is 32.2. The first-order valence-electron chi connectivity index (χ1n) is 10.1. The summed E-state index contributed by atoms with van der Waals surface area (Å²) in [7, 11) is 0.200. The van der Waals surface area contributed by atoms with Gasteiger partial charge in [0.2, 0.25) is 0 Å². The van der Waals surface area contributed by atoms with E-state index in [1.807, 2.05) is 55.5 Å². The lowest BCUT2D eigenvalue weighted by Gasteiger charge is -2.35. The second-order valence-corrected chi connectivity index (χ2v) is 9.98. The van der Waals surface area contributed by atoms with Crippen LogP contribution in [0.15, 0.2) is 59.5 Å². The first-order chi connectivity index (χ1) is 13.9. The first kappa shape index (κ1) is 20.0. The fourth-order valence-electron chi connectivity index (χ4n) is 4.26. The number of piperazine rings is 1. The van der Waals surface area contributed by atoms with Crippen LogP contribution in [0.5, 0.6) is 5.75 Å². The number of methoxy groups -OCH3 is 1. The molecule has 0 N–H and O–H groups in total. The predicted molar refractivity (Wildman–Crippen MR) is 119 cm³/mol. The summed E-state index contributed by atoms with van der Waals surface area (Å²) in [4.78, 5) is 4.91. The molecule has 6 heteroatoms. The predicted octanol–water partition coefficient (Wildman–Crippen LogP) is 3.50. The Morgan fingerprint density at radius 2 is 1.66 bits per heavy atom. The van der Waals surface area contributed by atoms with Gasteiger partial charge in [-0.05, 0) is 19.0 Å². The largest absolute Gasteiger partial charge is 0.494 e. The lowest BCUT2D eigenvalue weighted by molar-refractivity contribution is 0.311. The van der Waals surface area contributed by atoms with Crippen molar-refractivity contribution >= 4 is 26.3 Å². The molecule has 1 saturated heterocycles. The van der Waals surface area contributed by atoms with E-state index in [9.17, 15) is 8.42 Å². The average molecular weight is 413 g/mol. The Morgan fingerprint density at radius 3 is 2.31 bits per heavy atom. The van der Waals surface area contributed by atoms with Gasteiger partial charge in [0, 0.05) is 37.0 Å². The van der Waals surface area contributed by atoms with E-state index in [1.54, 1.807) is 13.2 Å². The van der Waals surface area contributed by atoms with Gasteiger partial charge in [0.05, 0.1) is 22.9 Å². The molecule has 4 rings (SSSR count). The number of rotatable bonds is 4. The normalized spacial score (nSPS) is 22.9. The van der Waals surface area contributed by atoms with E-state index in [1.165, 1.54) is 0 Å². The Kier molecular flexibility index (Phi) is 5.40. The summed E-state index contributed by atoms with van der Waals surface area (Å²) in [5.41, 5.74) is 0.862. The van der Waals surface area contributed by atoms with Crippen molar-refractivity contribution in [1.82, 2.24) is 4.90 Å². The maximum atomic E-state index is 13.7. The van der Waals surface area contributed by atoms with Crippen molar-refractivity contribution in [1.29, 1.82) is 0 Å². The number of nitrogens with zero attached hydrogens (tertiary/aromatic N) is 2. The molecule has 0 saturated carbocycles. The van der Waals surface area contributed by atoms with Crippen LogP contribution in [0.2, 0.25) is 0 Å². The summed E-state index contributed by atoms with van der Waals surface area (Å²) < 4.78 is 33.3. The lowest BCUT2D eigenvalue weighted by atomic mass is 10.0. The third-order valence-electron chi connectivity index (χ3n) is 6.00. The van der Waals surface area contributed by atoms with Crippen LogP contribution in [-0.2, 0) is 9.84 Å². The molecule has 1 heterocycles. The van der Waals surface area contributed by atoms with Crippen LogP contribution < -0.4 is 9.64 Å². The van der Waals surface area contributed by atoms with Gasteiger partial charge in [-0.2, -0.15) is 0 Å². The molecule has 2 unspecified atom stereocenters. The quantitative estimate of drug-likeness (QED) is 0.769. The van der Waals surface area contributed by atoms with Gasteiger partial charge in [0.1, 0.15) is 5.75 Å². The Hall–Kier alpha value is -2.31. The number of benzene rings is 2. The number of hydrogen-bond acceptors (Lipinski definition) is 5. The molecule has 5 nitrogen and oxygen atoms in total. The minimum atomic E-state index is -3.57. The van der Waals surface area contributed by atoms with Gasteiger partial charge in [-0.3, -0.25) is 0 Å². The van der Waals surface area contributed by atoms with Crippen LogP contribution in [0.4, 0.5) is 5.69 Å². The second kappa shape index (κ2) is 7.84. The molecule has 0 amide bonds. The minimum Gasteiger partial charge on any atom is -0.494 e. The highest BCUT2D eigenvalue weighted by molar-refractivity contribution is 7.92. The number of likely N-dealkylation sites (N-methyl/N-ethyl adjacent to an activating group) is 1. The molecule has 1 fully saturated rings. The molecule has 0 bridgehead atoms. The number of ether oxygens (including phenoxy) is 1. The Labute approximate surface area is 173 Å². The van der Waals surface area contributed by atoms with Crippen molar-refractivity contribution in [3.8, 4) is 5.75 Å². The van der Waals surface area contributed by atoms with Crippen LogP contribution in [0.25, 0.3) is 10.8 Å². The maximum absolute atomic E-state index is 13.7. The Morgan fingerprint density at radius 1 is 1.00 bits per heavy atom. The fourth-order valence-corrected chi connectivity index (χ4v) is 6.27. The molecule has 29 heavy (non-hydrogen) atoms. The van der Waals surface area contributed by atoms with Gasteiger partial charge in [0.15, 0.2) is 9.84 Å². The van der Waals surface area contributed by atoms with Gasteiger partial charge in [-0.25, -0.2) is 8.42 Å². The van der Waals surface area contributed by atoms with Crippen molar-refractivity contribution in [3.05, 3.63) is 54.6 Å². The minimum absolute atomic E-state index is 0.0713. The number of allylic oxidation sites excluding steroid dienone is 3. The lowest BCUT2D eigenvalue weighted by Crippen LogP contribution is -2.44. The zero-order chi connectivity index (χ0) is 20.6. The van der Waals surface area contributed by atoms with Gasteiger partial charge in [0.25, 0.3) is 0 Å². The zero-order valence-corrected chi connectivity index (χ0v) is 18.0. The molecular formula is C23H28N2O3S. The summed E-state index contributed by atoms with van der Waals surface area (Å²) in [5, 5.41) is 0.995. The summed E-state index contributed by atoms with van der Waals surface area (Å²) >= 11 is 0. The van der Waals surface area contributed by atoms with E-state index >= 15 is 0 Å². The molecule has 2 aromatic carbocycles. The zero-order valence-electron chi connectivity index (χ0n) is 17.2. The fraction of sp³-hybridized carbons (Fsp3) is 0.391. The highest BCUT2D eigenvalue weighted by Gasteiger charge is 2.33. The van der Waals surface area contributed by atoms with E-state index in [0.717, 1.165) is 48.4 Å². The SMILES string of the molecule is COc1c(N2CCN(C)CC2)cc(S(=O)(=O)C2C=CC=CC2C)c2ccccc12. The topological polar surface area (TPSA) is 49.9 Å². The summed E-state index contributed by atoms with van der Waals surface area (Å²) in [6.07, 6.45) is 7.50. The van der Waals surface area contributed by atoms with Crippen molar-refractivity contribution < 1.29 is 13.2 Å². The molecule has 2 atom stereocenters. The van der Waals surface area contributed by atoms with Crippen molar-refractivity contribution in [2.24, 2.45) is 5.92 Å². The van der Waals surface area contributed by atoms with E-state index in [2.05, 4.69) is 16.8 Å². The first-order valence-corrected chi connectivity index (χ1v) is 11.6. The smallest absolute Gasteiger partial charge is 0.186 e. The van der Waals surface area contributed by atoms with Crippen LogP contribution in [0.3, 0.4) is 0 Å². The van der Waals surface area contributed by atoms with Gasteiger partial charge < -0.3 is 14.5 Å². The molecule has 1 aliphatic carbocycles. The third-order valence-corrected chi connectivity index (χ3v) is 8.25. The molecule has 2 aliphatic rings. The van der Waals surface area contributed by atoms with Crippen LogP contribution >= 0.6 is 0 Å². The van der Waals surface area contributed by atoms with Crippen molar-refractivity contribution in [2.75, 3.05) is 45.2 Å². The summed E-state index contributed by atoms with van der Waals surface area (Å²) in [5.74, 6) is 0.675. The maximum Gasteiger partial charge on any atom is 0.186 e. The summed E-state index contributed by atoms with van der Waals surface area (Å²) in [6, 6.07) is 9.48. The number of anilines is 1. The summed E-state index contributed by atoms with van der Waals surface area (Å²) in [6.45, 7) is 5.51. The van der Waals surface area contributed by atoms with E-state index in [0.29, 0.717) is 4.90 Å². The molecular weight excluding hydrogens is 384 g/mol. The number of sulfone groups is 1. The van der Waals surface area contributed by atoms with Crippen molar-refractivity contribution in [2.45, 2.75) is 17.1 Å². The third kappa shape index (κ3) is 3.55. The Balaban J connectivity index is 1.92. The molecule has 0 radical (unpaired) electrons. The highest BCUT2D eigenvalue weighted by Crippen LogP contribution is 2.42. The second-order valence-electron chi connectivity index (χ2n) is 7.90. The molecule has 0 aromatic heterocycles. The van der Waals surface area contributed by atoms with Gasteiger partial charge >= 0.3 is 0 Å². The van der Waals surface area contributed by atoms with E-state index in [-0.39, 0.29) is 5.92 Å². The molecule has 0 spiro atoms. The Bertz CT molecular complexity index is 1070. The molecule has 2 aromatic rings. The standard InChI is InChI=1S/C23H28N2O3S/c1-17-8-4-7-11-21(17)29(26,27)22-16-20(25-14-12-24(2)13-15-25)23(28-3)19-10-6-5-9-18(19)22/h4-11,16-17,21H,12-15H2,1-3H3. The van der Waals surface area contributed by atoms with Crippen LogP contribution in [-0.4, -0.2) is 58.9 Å². The van der Waals surface area contributed by atoms with Crippen LogP contribution in [0.1, 0.15) is 6.92 Å². The monoisotopic (exact) mass is 412 g/mol. The van der Waals surface area contributed by atoms with Crippen molar-refractivity contribution in [3.63, 3.8) is 0 Å².